The second kappa shape index (κ2) is 9.72. The van der Waals surface area contributed by atoms with E-state index in [1.165, 1.54) is 11.1 Å². The lowest BCUT2D eigenvalue weighted by Crippen LogP contribution is -2.48. The maximum atomic E-state index is 13.1. The maximum Gasteiger partial charge on any atom is 0.255 e. The Labute approximate surface area is 200 Å². The zero-order chi connectivity index (χ0) is 23.7. The summed E-state index contributed by atoms with van der Waals surface area (Å²) in [5.41, 5.74) is 4.18. The number of benzene rings is 1. The van der Waals surface area contributed by atoms with E-state index in [9.17, 15) is 14.7 Å². The van der Waals surface area contributed by atoms with Crippen LogP contribution in [0.15, 0.2) is 36.4 Å². The van der Waals surface area contributed by atoms with Gasteiger partial charge in [0, 0.05) is 72.2 Å². The number of aliphatic hydroxyl groups excluding tert-OH is 1. The van der Waals surface area contributed by atoms with Crippen LogP contribution in [-0.4, -0.2) is 95.1 Å². The first-order chi connectivity index (χ1) is 16.5. The molecule has 5 rings (SSSR count). The Morgan fingerprint density at radius 1 is 0.971 bits per heavy atom. The molecule has 3 aliphatic rings. The minimum Gasteiger partial charge on any atom is -0.390 e. The van der Waals surface area contributed by atoms with E-state index < -0.39 is 6.10 Å². The van der Waals surface area contributed by atoms with Crippen molar-refractivity contribution in [1.29, 1.82) is 0 Å². The molecule has 0 aliphatic carbocycles. The molecule has 180 valence electrons. The third-order valence-corrected chi connectivity index (χ3v) is 7.25. The number of fused-ring (bicyclic) bond motifs is 2. The molecule has 0 saturated carbocycles. The summed E-state index contributed by atoms with van der Waals surface area (Å²) < 4.78 is 0. The highest BCUT2D eigenvalue weighted by molar-refractivity contribution is 5.96. The summed E-state index contributed by atoms with van der Waals surface area (Å²) in [6.45, 7) is 7.74. The van der Waals surface area contributed by atoms with Crippen LogP contribution >= 0.6 is 0 Å². The second-order valence-corrected chi connectivity index (χ2v) is 9.57. The van der Waals surface area contributed by atoms with Crippen molar-refractivity contribution in [1.82, 2.24) is 19.7 Å². The number of hydrogen-bond acceptors (Lipinski definition) is 6. The minimum atomic E-state index is -0.583. The summed E-state index contributed by atoms with van der Waals surface area (Å²) in [4.78, 5) is 37.5. The molecular formula is C26H33N5O3. The molecule has 0 bridgehead atoms. The molecule has 0 unspecified atom stereocenters. The van der Waals surface area contributed by atoms with Crippen molar-refractivity contribution in [3.63, 3.8) is 0 Å². The van der Waals surface area contributed by atoms with Crippen molar-refractivity contribution in [2.75, 3.05) is 57.3 Å². The highest BCUT2D eigenvalue weighted by atomic mass is 16.3. The predicted molar refractivity (Wildman–Crippen MR) is 130 cm³/mol. The van der Waals surface area contributed by atoms with Gasteiger partial charge in [-0.05, 0) is 29.7 Å². The average Bonchev–Trinajstić information content (AvgIpc) is 2.85. The smallest absolute Gasteiger partial charge is 0.255 e. The van der Waals surface area contributed by atoms with Crippen LogP contribution in [0.2, 0.25) is 0 Å². The number of carbonyl (C=O) groups is 2. The number of carbonyl (C=O) groups excluding carboxylic acids is 2. The Kier molecular flexibility index (Phi) is 6.52. The number of aromatic nitrogens is 1. The molecule has 2 aromatic rings. The highest BCUT2D eigenvalue weighted by Gasteiger charge is 2.29. The van der Waals surface area contributed by atoms with E-state index in [-0.39, 0.29) is 11.8 Å². The van der Waals surface area contributed by atoms with Crippen molar-refractivity contribution < 1.29 is 14.7 Å². The highest BCUT2D eigenvalue weighted by Crippen LogP contribution is 2.23. The first-order valence-corrected chi connectivity index (χ1v) is 12.2. The Hall–Kier alpha value is -2.97. The molecule has 1 aromatic carbocycles. The van der Waals surface area contributed by atoms with Crippen LogP contribution < -0.4 is 4.90 Å². The number of amides is 2. The molecule has 1 atom stereocenters. The Bertz CT molecular complexity index is 1070. The van der Waals surface area contributed by atoms with Gasteiger partial charge in [0.15, 0.2) is 0 Å². The molecule has 34 heavy (non-hydrogen) atoms. The van der Waals surface area contributed by atoms with Gasteiger partial charge in [0.05, 0.1) is 17.4 Å². The lowest BCUT2D eigenvalue weighted by molar-refractivity contribution is -0.129. The molecule has 4 heterocycles. The summed E-state index contributed by atoms with van der Waals surface area (Å²) in [7, 11) is 0. The molecule has 8 nitrogen and oxygen atoms in total. The summed E-state index contributed by atoms with van der Waals surface area (Å²) in [6, 6.07) is 12.3. The summed E-state index contributed by atoms with van der Waals surface area (Å²) in [5, 5.41) is 10.8. The fourth-order valence-electron chi connectivity index (χ4n) is 5.31. The molecule has 2 amide bonds. The Morgan fingerprint density at radius 2 is 1.74 bits per heavy atom. The topological polar surface area (TPSA) is 80.2 Å². The average molecular weight is 464 g/mol. The van der Waals surface area contributed by atoms with Gasteiger partial charge in [0.25, 0.3) is 5.91 Å². The van der Waals surface area contributed by atoms with Crippen molar-refractivity contribution >= 4 is 17.6 Å². The number of nitrogens with zero attached hydrogens (tertiary/aromatic N) is 5. The molecule has 3 aliphatic heterocycles. The monoisotopic (exact) mass is 463 g/mol. The zero-order valence-electron chi connectivity index (χ0n) is 19.8. The van der Waals surface area contributed by atoms with Crippen molar-refractivity contribution in [3.05, 3.63) is 58.8 Å². The van der Waals surface area contributed by atoms with Gasteiger partial charge in [0.1, 0.15) is 5.82 Å². The van der Waals surface area contributed by atoms with Gasteiger partial charge >= 0.3 is 0 Å². The minimum absolute atomic E-state index is 0.0512. The Morgan fingerprint density at radius 3 is 2.50 bits per heavy atom. The summed E-state index contributed by atoms with van der Waals surface area (Å²) in [6.07, 6.45) is 1.10. The molecule has 1 aromatic heterocycles. The van der Waals surface area contributed by atoms with Crippen molar-refractivity contribution in [3.8, 4) is 0 Å². The van der Waals surface area contributed by atoms with E-state index in [0.29, 0.717) is 44.7 Å². The van der Waals surface area contributed by atoms with Gasteiger partial charge < -0.3 is 19.8 Å². The summed E-state index contributed by atoms with van der Waals surface area (Å²) >= 11 is 0. The third-order valence-electron chi connectivity index (χ3n) is 7.25. The lowest BCUT2D eigenvalue weighted by atomic mass is 9.99. The predicted octanol–water partition coefficient (Wildman–Crippen LogP) is 1.17. The molecule has 1 fully saturated rings. The van der Waals surface area contributed by atoms with Crippen LogP contribution in [0, 0.1) is 0 Å². The van der Waals surface area contributed by atoms with E-state index in [1.54, 1.807) is 11.8 Å². The number of anilines is 1. The lowest BCUT2D eigenvalue weighted by Gasteiger charge is -2.36. The molecule has 0 spiro atoms. The van der Waals surface area contributed by atoms with E-state index in [1.807, 2.05) is 17.0 Å². The summed E-state index contributed by atoms with van der Waals surface area (Å²) in [5.74, 6) is 0.925. The van der Waals surface area contributed by atoms with Gasteiger partial charge in [-0.2, -0.15) is 0 Å². The van der Waals surface area contributed by atoms with Gasteiger partial charge in [-0.15, -0.1) is 0 Å². The number of rotatable bonds is 5. The maximum absolute atomic E-state index is 13.1. The van der Waals surface area contributed by atoms with E-state index in [2.05, 4.69) is 34.1 Å². The van der Waals surface area contributed by atoms with Gasteiger partial charge in [0.2, 0.25) is 5.91 Å². The normalized spacial score (nSPS) is 19.6. The van der Waals surface area contributed by atoms with Crippen LogP contribution in [0.4, 0.5) is 5.82 Å². The van der Waals surface area contributed by atoms with Crippen LogP contribution in [0.25, 0.3) is 0 Å². The number of hydrogen-bond donors (Lipinski definition) is 1. The van der Waals surface area contributed by atoms with Crippen LogP contribution in [0.5, 0.6) is 0 Å². The second-order valence-electron chi connectivity index (χ2n) is 9.57. The zero-order valence-corrected chi connectivity index (χ0v) is 19.8. The van der Waals surface area contributed by atoms with Gasteiger partial charge in [-0.1, -0.05) is 24.3 Å². The molecule has 8 heteroatoms. The van der Waals surface area contributed by atoms with Crippen LogP contribution in [-0.2, 0) is 24.2 Å². The number of piperazine rings is 1. The molecule has 0 radical (unpaired) electrons. The fourth-order valence-corrected chi connectivity index (χ4v) is 5.31. The van der Waals surface area contributed by atoms with E-state index in [0.717, 1.165) is 44.1 Å². The van der Waals surface area contributed by atoms with Crippen molar-refractivity contribution in [2.24, 2.45) is 0 Å². The van der Waals surface area contributed by atoms with Gasteiger partial charge in [-0.25, -0.2) is 4.98 Å². The van der Waals surface area contributed by atoms with Crippen molar-refractivity contribution in [2.45, 2.75) is 32.4 Å². The number of pyridine rings is 1. The molecule has 1 N–H and O–H groups in total. The van der Waals surface area contributed by atoms with Crippen LogP contribution in [0.1, 0.15) is 34.1 Å². The van der Waals surface area contributed by atoms with Crippen LogP contribution in [0.3, 0.4) is 0 Å². The first-order valence-electron chi connectivity index (χ1n) is 12.2. The van der Waals surface area contributed by atoms with Gasteiger partial charge in [-0.3, -0.25) is 14.5 Å². The SMILES string of the molecule is CC(=O)N1CCN(c2ccc3c(n2)CCN(C[C@H](O)CN2CCc4ccccc4C2)C3=O)CC1. The third kappa shape index (κ3) is 4.79. The molecular weight excluding hydrogens is 430 g/mol. The quantitative estimate of drug-likeness (QED) is 0.717. The Balaban J connectivity index is 1.17. The standard InChI is InChI=1S/C26H33N5O3/c1-19(32)29-12-14-30(15-13-29)25-7-6-23-24(27-25)9-11-31(26(23)34)18-22(33)17-28-10-8-20-4-2-3-5-21(20)16-28/h2-7,22,33H,8-18H2,1H3/t22-/m1/s1. The molecule has 1 saturated heterocycles. The fraction of sp³-hybridized carbons (Fsp3) is 0.500. The first kappa shape index (κ1) is 22.8. The number of β-amino-alcohol motifs (C(OH)–C–C–N with tert-alkyl or cyclic N) is 1. The largest absolute Gasteiger partial charge is 0.390 e. The number of aliphatic hydroxyl groups is 1. The van der Waals surface area contributed by atoms with E-state index >= 15 is 0 Å². The van der Waals surface area contributed by atoms with E-state index in [4.69, 9.17) is 4.98 Å².